The molecule has 1 fully saturated rings. The zero-order chi connectivity index (χ0) is 14.4. The molecule has 1 aliphatic heterocycles. The van der Waals surface area contributed by atoms with Crippen LogP contribution in [0.3, 0.4) is 0 Å². The quantitative estimate of drug-likeness (QED) is 0.755. The van der Waals surface area contributed by atoms with Gasteiger partial charge in [0.25, 0.3) is 0 Å². The number of amides is 1. The Bertz CT molecular complexity index is 355. The minimum Gasteiger partial charge on any atom is -0.480 e. The number of ether oxygens (including phenoxy) is 1. The van der Waals surface area contributed by atoms with Crippen LogP contribution >= 0.6 is 0 Å². The molecule has 108 valence electrons. The van der Waals surface area contributed by atoms with Gasteiger partial charge in [0.05, 0.1) is 12.5 Å². The van der Waals surface area contributed by atoms with Crippen molar-refractivity contribution >= 4 is 17.8 Å². The highest BCUT2D eigenvalue weighted by atomic mass is 16.5. The lowest BCUT2D eigenvalue weighted by Crippen LogP contribution is -2.44. The second kappa shape index (κ2) is 7.11. The third kappa shape index (κ3) is 3.94. The second-order valence-corrected chi connectivity index (χ2v) is 4.63. The Kier molecular flexibility index (Phi) is 5.79. The summed E-state index contributed by atoms with van der Waals surface area (Å²) < 4.78 is 4.96. The van der Waals surface area contributed by atoms with Gasteiger partial charge in [0.1, 0.15) is 6.04 Å². The summed E-state index contributed by atoms with van der Waals surface area (Å²) in [4.78, 5) is 36.1. The van der Waals surface area contributed by atoms with Crippen molar-refractivity contribution in [2.75, 3.05) is 13.2 Å². The topological polar surface area (TPSA) is 83.9 Å². The number of carbonyl (C=O) groups is 3. The Morgan fingerprint density at radius 1 is 1.42 bits per heavy atom. The first-order valence-electron chi connectivity index (χ1n) is 6.70. The van der Waals surface area contributed by atoms with Crippen molar-refractivity contribution < 1.29 is 24.2 Å². The van der Waals surface area contributed by atoms with Crippen molar-refractivity contribution in [2.45, 2.75) is 45.6 Å². The van der Waals surface area contributed by atoms with E-state index in [1.54, 1.807) is 13.8 Å². The SMILES string of the molecule is CCOC(=O)C1CCC(=O)N(C(CC)C(=O)O)CC1. The van der Waals surface area contributed by atoms with Crippen LogP contribution in [0.2, 0.25) is 0 Å². The maximum absolute atomic E-state index is 12.0. The van der Waals surface area contributed by atoms with Crippen LogP contribution < -0.4 is 0 Å². The molecule has 2 atom stereocenters. The van der Waals surface area contributed by atoms with E-state index in [1.807, 2.05) is 0 Å². The van der Waals surface area contributed by atoms with Crippen LogP contribution in [0.5, 0.6) is 0 Å². The Morgan fingerprint density at radius 3 is 2.63 bits per heavy atom. The predicted molar refractivity (Wildman–Crippen MR) is 67.4 cm³/mol. The Labute approximate surface area is 112 Å². The average Bonchev–Trinajstić information content (AvgIpc) is 2.54. The monoisotopic (exact) mass is 271 g/mol. The van der Waals surface area contributed by atoms with Gasteiger partial charge in [-0.3, -0.25) is 9.59 Å². The molecule has 1 aliphatic rings. The molecule has 19 heavy (non-hydrogen) atoms. The van der Waals surface area contributed by atoms with Crippen LogP contribution in [-0.4, -0.2) is 47.0 Å². The molecule has 0 saturated carbocycles. The summed E-state index contributed by atoms with van der Waals surface area (Å²) in [5.74, 6) is -1.78. The molecular formula is C13H21NO5. The zero-order valence-corrected chi connectivity index (χ0v) is 11.4. The van der Waals surface area contributed by atoms with E-state index >= 15 is 0 Å². The van der Waals surface area contributed by atoms with Gasteiger partial charge in [0.2, 0.25) is 5.91 Å². The lowest BCUT2D eigenvalue weighted by molar-refractivity contribution is -0.150. The van der Waals surface area contributed by atoms with E-state index in [1.165, 1.54) is 4.90 Å². The van der Waals surface area contributed by atoms with Crippen molar-refractivity contribution in [1.82, 2.24) is 4.90 Å². The zero-order valence-electron chi connectivity index (χ0n) is 11.4. The molecule has 6 nitrogen and oxygen atoms in total. The van der Waals surface area contributed by atoms with Gasteiger partial charge in [-0.2, -0.15) is 0 Å². The summed E-state index contributed by atoms with van der Waals surface area (Å²) in [6.45, 7) is 4.09. The molecule has 0 aromatic carbocycles. The number of likely N-dealkylation sites (tertiary alicyclic amines) is 1. The van der Waals surface area contributed by atoms with Crippen molar-refractivity contribution in [3.05, 3.63) is 0 Å². The van der Waals surface area contributed by atoms with E-state index in [9.17, 15) is 14.4 Å². The minimum absolute atomic E-state index is 0.193. The van der Waals surface area contributed by atoms with Gasteiger partial charge in [-0.05, 0) is 26.2 Å². The summed E-state index contributed by atoms with van der Waals surface area (Å²) in [5, 5.41) is 9.11. The highest BCUT2D eigenvalue weighted by Gasteiger charge is 2.33. The minimum atomic E-state index is -0.995. The highest BCUT2D eigenvalue weighted by molar-refractivity contribution is 5.84. The molecule has 0 aliphatic carbocycles. The number of carbonyl (C=O) groups excluding carboxylic acids is 2. The third-order valence-corrected chi connectivity index (χ3v) is 3.41. The fourth-order valence-corrected chi connectivity index (χ4v) is 2.36. The van der Waals surface area contributed by atoms with Gasteiger partial charge >= 0.3 is 11.9 Å². The number of rotatable bonds is 5. The van der Waals surface area contributed by atoms with Crippen LogP contribution in [0.1, 0.15) is 39.5 Å². The number of carboxylic acids is 1. The van der Waals surface area contributed by atoms with E-state index in [2.05, 4.69) is 0 Å². The Morgan fingerprint density at radius 2 is 2.11 bits per heavy atom. The maximum atomic E-state index is 12.0. The van der Waals surface area contributed by atoms with Crippen LogP contribution in [0, 0.1) is 5.92 Å². The lowest BCUT2D eigenvalue weighted by Gasteiger charge is -2.26. The van der Waals surface area contributed by atoms with Crippen molar-refractivity contribution in [3.8, 4) is 0 Å². The first-order valence-corrected chi connectivity index (χ1v) is 6.70. The van der Waals surface area contributed by atoms with E-state index < -0.39 is 12.0 Å². The number of esters is 1. The average molecular weight is 271 g/mol. The molecule has 1 heterocycles. The van der Waals surface area contributed by atoms with Gasteiger partial charge in [0.15, 0.2) is 0 Å². The van der Waals surface area contributed by atoms with Gasteiger partial charge in [-0.25, -0.2) is 4.79 Å². The Balaban J connectivity index is 2.71. The van der Waals surface area contributed by atoms with Crippen molar-refractivity contribution in [1.29, 1.82) is 0 Å². The molecule has 1 N–H and O–H groups in total. The number of carboxylic acid groups (broad SMARTS) is 1. The Hall–Kier alpha value is -1.59. The number of nitrogens with zero attached hydrogens (tertiary/aromatic N) is 1. The normalized spacial score (nSPS) is 21.7. The summed E-state index contributed by atoms with van der Waals surface area (Å²) in [5.41, 5.74) is 0. The smallest absolute Gasteiger partial charge is 0.326 e. The lowest BCUT2D eigenvalue weighted by atomic mass is 10.0. The molecule has 0 radical (unpaired) electrons. The van der Waals surface area contributed by atoms with Crippen LogP contribution in [0.4, 0.5) is 0 Å². The van der Waals surface area contributed by atoms with E-state index in [-0.39, 0.29) is 24.2 Å². The molecule has 0 spiro atoms. The van der Waals surface area contributed by atoms with Gasteiger partial charge in [0, 0.05) is 13.0 Å². The van der Waals surface area contributed by atoms with Crippen molar-refractivity contribution in [2.24, 2.45) is 5.92 Å². The highest BCUT2D eigenvalue weighted by Crippen LogP contribution is 2.22. The van der Waals surface area contributed by atoms with E-state index in [4.69, 9.17) is 9.84 Å². The van der Waals surface area contributed by atoms with Crippen molar-refractivity contribution in [3.63, 3.8) is 0 Å². The standard InChI is InChI=1S/C13H21NO5/c1-3-10(12(16)17)14-8-7-9(5-6-11(14)15)13(18)19-4-2/h9-10H,3-8H2,1-2H3,(H,16,17). The summed E-state index contributed by atoms with van der Waals surface area (Å²) in [7, 11) is 0. The molecule has 6 heteroatoms. The first-order chi connectivity index (χ1) is 9.01. The van der Waals surface area contributed by atoms with Crippen LogP contribution in [-0.2, 0) is 19.1 Å². The van der Waals surface area contributed by atoms with Crippen LogP contribution in [0.15, 0.2) is 0 Å². The second-order valence-electron chi connectivity index (χ2n) is 4.63. The summed E-state index contributed by atoms with van der Waals surface area (Å²) >= 11 is 0. The number of aliphatic carboxylic acids is 1. The molecule has 0 aromatic heterocycles. The fourth-order valence-electron chi connectivity index (χ4n) is 2.36. The summed E-state index contributed by atoms with van der Waals surface area (Å²) in [6.07, 6.45) is 1.47. The van der Waals surface area contributed by atoms with Gasteiger partial charge < -0.3 is 14.7 Å². The number of hydrogen-bond acceptors (Lipinski definition) is 4. The van der Waals surface area contributed by atoms with E-state index in [0.717, 1.165) is 0 Å². The first kappa shape index (κ1) is 15.5. The summed E-state index contributed by atoms with van der Waals surface area (Å²) in [6, 6.07) is -0.798. The fraction of sp³-hybridized carbons (Fsp3) is 0.769. The van der Waals surface area contributed by atoms with E-state index in [0.29, 0.717) is 32.4 Å². The molecule has 1 saturated heterocycles. The van der Waals surface area contributed by atoms with Crippen LogP contribution in [0.25, 0.3) is 0 Å². The maximum Gasteiger partial charge on any atom is 0.326 e. The predicted octanol–water partition coefficient (Wildman–Crippen LogP) is 1.04. The van der Waals surface area contributed by atoms with Gasteiger partial charge in [-0.1, -0.05) is 6.92 Å². The number of hydrogen-bond donors (Lipinski definition) is 1. The molecule has 0 bridgehead atoms. The molecule has 2 unspecified atom stereocenters. The van der Waals surface area contributed by atoms with Gasteiger partial charge in [-0.15, -0.1) is 0 Å². The molecular weight excluding hydrogens is 250 g/mol. The molecule has 0 aromatic rings. The largest absolute Gasteiger partial charge is 0.480 e. The third-order valence-electron chi connectivity index (χ3n) is 3.41. The molecule has 1 rings (SSSR count). The molecule has 1 amide bonds.